The molecule has 0 aromatic heterocycles. The Labute approximate surface area is 73.2 Å². The van der Waals surface area contributed by atoms with Gasteiger partial charge in [0.15, 0.2) is 0 Å². The minimum atomic E-state index is -5.12. The Morgan fingerprint density at radius 1 is 1.38 bits per heavy atom. The molecule has 6 heteroatoms. The molecule has 2 N–H and O–H groups in total. The summed E-state index contributed by atoms with van der Waals surface area (Å²) in [5, 5.41) is 17.1. The molecular formula is C7H11F3O3. The maximum Gasteiger partial charge on any atom is 0.428 e. The van der Waals surface area contributed by atoms with Gasteiger partial charge in [-0.2, -0.15) is 13.2 Å². The highest BCUT2D eigenvalue weighted by Gasteiger charge is 2.59. The van der Waals surface area contributed by atoms with E-state index in [9.17, 15) is 18.0 Å². The molecule has 0 aliphatic carbocycles. The number of carboxylic acids is 1. The number of halogens is 3. The highest BCUT2D eigenvalue weighted by Crippen LogP contribution is 2.34. The fourth-order valence-electron chi connectivity index (χ4n) is 0.803. The van der Waals surface area contributed by atoms with Crippen molar-refractivity contribution in [2.75, 3.05) is 0 Å². The summed E-state index contributed by atoms with van der Waals surface area (Å²) >= 11 is 0. The van der Waals surface area contributed by atoms with Crippen LogP contribution >= 0.6 is 0 Å². The fraction of sp³-hybridized carbons (Fsp3) is 0.857. The number of carbonyl (C=O) groups is 1. The summed E-state index contributed by atoms with van der Waals surface area (Å²) in [4.78, 5) is 10.2. The van der Waals surface area contributed by atoms with Crippen LogP contribution in [0.25, 0.3) is 0 Å². The van der Waals surface area contributed by atoms with E-state index in [1.807, 2.05) is 0 Å². The molecule has 0 aromatic rings. The van der Waals surface area contributed by atoms with Gasteiger partial charge in [-0.25, -0.2) is 4.79 Å². The summed E-state index contributed by atoms with van der Waals surface area (Å²) in [5.74, 6) is -2.24. The summed E-state index contributed by atoms with van der Waals surface area (Å²) in [6.45, 7) is 1.61. The highest BCUT2D eigenvalue weighted by atomic mass is 19.4. The summed E-state index contributed by atoms with van der Waals surface area (Å²) < 4.78 is 36.1. The van der Waals surface area contributed by atoms with Gasteiger partial charge < -0.3 is 10.2 Å². The molecule has 1 atom stereocenters. The van der Waals surface area contributed by atoms with E-state index in [0.717, 1.165) is 0 Å². The predicted molar refractivity (Wildman–Crippen MR) is 38.2 cm³/mol. The Balaban J connectivity index is 4.64. The molecule has 0 saturated carbocycles. The molecule has 0 bridgehead atoms. The van der Waals surface area contributed by atoms with Crippen molar-refractivity contribution in [3.05, 3.63) is 0 Å². The van der Waals surface area contributed by atoms with E-state index in [1.54, 1.807) is 6.92 Å². The van der Waals surface area contributed by atoms with E-state index in [-0.39, 0.29) is 6.42 Å². The van der Waals surface area contributed by atoms with Gasteiger partial charge in [0.2, 0.25) is 0 Å². The normalized spacial score (nSPS) is 16.7. The number of carboxylic acid groups (broad SMARTS) is 1. The van der Waals surface area contributed by atoms with Crippen LogP contribution in [0.2, 0.25) is 0 Å². The Kier molecular flexibility index (Phi) is 3.71. The summed E-state index contributed by atoms with van der Waals surface area (Å²) in [6, 6.07) is 0. The van der Waals surface area contributed by atoms with Crippen molar-refractivity contribution >= 4 is 5.97 Å². The van der Waals surface area contributed by atoms with Gasteiger partial charge >= 0.3 is 12.1 Å². The number of aliphatic hydroxyl groups is 1. The zero-order chi connectivity index (χ0) is 10.7. The van der Waals surface area contributed by atoms with Gasteiger partial charge in [-0.1, -0.05) is 13.3 Å². The fourth-order valence-corrected chi connectivity index (χ4v) is 0.803. The monoisotopic (exact) mass is 200 g/mol. The van der Waals surface area contributed by atoms with Gasteiger partial charge in [0.1, 0.15) is 0 Å². The second-order valence-corrected chi connectivity index (χ2v) is 2.77. The molecule has 0 rings (SSSR count). The first kappa shape index (κ1) is 12.2. The molecule has 0 fully saturated rings. The molecule has 0 aliphatic heterocycles. The summed E-state index contributed by atoms with van der Waals surface area (Å²) in [7, 11) is 0. The van der Waals surface area contributed by atoms with Gasteiger partial charge in [0.25, 0.3) is 5.60 Å². The van der Waals surface area contributed by atoms with Crippen molar-refractivity contribution in [2.24, 2.45) is 0 Å². The number of rotatable bonds is 4. The molecule has 0 spiro atoms. The van der Waals surface area contributed by atoms with Crippen molar-refractivity contribution in [1.82, 2.24) is 0 Å². The maximum atomic E-state index is 12.0. The number of aliphatic carboxylic acids is 1. The van der Waals surface area contributed by atoms with E-state index < -0.39 is 24.2 Å². The SMILES string of the molecule is CCCCC(O)(C(=O)O)C(F)(F)F. The van der Waals surface area contributed by atoms with E-state index in [4.69, 9.17) is 10.2 Å². The van der Waals surface area contributed by atoms with E-state index in [2.05, 4.69) is 0 Å². The smallest absolute Gasteiger partial charge is 0.428 e. The molecule has 3 nitrogen and oxygen atoms in total. The standard InChI is InChI=1S/C7H11F3O3/c1-2-3-4-6(13,5(11)12)7(8,9)10/h13H,2-4H2,1H3,(H,11,12). The van der Waals surface area contributed by atoms with Crippen LogP contribution in [0.15, 0.2) is 0 Å². The Morgan fingerprint density at radius 2 is 1.85 bits per heavy atom. The molecule has 0 saturated heterocycles. The third-order valence-electron chi connectivity index (χ3n) is 1.71. The quantitative estimate of drug-likeness (QED) is 0.723. The molecule has 0 aromatic carbocycles. The van der Waals surface area contributed by atoms with Crippen LogP contribution in [0.5, 0.6) is 0 Å². The average molecular weight is 200 g/mol. The second-order valence-electron chi connectivity index (χ2n) is 2.77. The molecule has 1 unspecified atom stereocenters. The Bertz CT molecular complexity index is 190. The first-order valence-corrected chi connectivity index (χ1v) is 3.78. The minimum Gasteiger partial charge on any atom is -0.479 e. The van der Waals surface area contributed by atoms with Crippen LogP contribution in [0, 0.1) is 0 Å². The van der Waals surface area contributed by atoms with Crippen molar-refractivity contribution in [3.63, 3.8) is 0 Å². The number of unbranched alkanes of at least 4 members (excludes halogenated alkanes) is 1. The lowest BCUT2D eigenvalue weighted by atomic mass is 9.96. The molecule has 78 valence electrons. The van der Waals surface area contributed by atoms with E-state index in [0.29, 0.717) is 6.42 Å². The van der Waals surface area contributed by atoms with Crippen LogP contribution in [-0.2, 0) is 4.79 Å². The molecule has 0 radical (unpaired) electrons. The molecule has 0 heterocycles. The zero-order valence-corrected chi connectivity index (χ0v) is 7.06. The minimum absolute atomic E-state index is 0.0162. The molecule has 0 amide bonds. The average Bonchev–Trinajstić information content (AvgIpc) is 1.97. The molecule has 13 heavy (non-hydrogen) atoms. The van der Waals surface area contributed by atoms with Crippen molar-refractivity contribution in [3.8, 4) is 0 Å². The van der Waals surface area contributed by atoms with Crippen molar-refractivity contribution < 1.29 is 28.2 Å². The van der Waals surface area contributed by atoms with Crippen LogP contribution in [-0.4, -0.2) is 28.0 Å². The Morgan fingerprint density at radius 3 is 2.08 bits per heavy atom. The van der Waals surface area contributed by atoms with Crippen molar-refractivity contribution in [2.45, 2.75) is 38.0 Å². The van der Waals surface area contributed by atoms with Crippen LogP contribution < -0.4 is 0 Å². The number of alkyl halides is 3. The van der Waals surface area contributed by atoms with Gasteiger partial charge in [0, 0.05) is 0 Å². The lowest BCUT2D eigenvalue weighted by Crippen LogP contribution is -2.51. The van der Waals surface area contributed by atoms with Crippen molar-refractivity contribution in [1.29, 1.82) is 0 Å². The largest absolute Gasteiger partial charge is 0.479 e. The third kappa shape index (κ3) is 2.58. The predicted octanol–water partition coefficient (Wildman–Crippen LogP) is 1.55. The van der Waals surface area contributed by atoms with Gasteiger partial charge in [0.05, 0.1) is 0 Å². The number of hydrogen-bond acceptors (Lipinski definition) is 2. The van der Waals surface area contributed by atoms with Gasteiger partial charge in [-0.15, -0.1) is 0 Å². The number of hydrogen-bond donors (Lipinski definition) is 2. The highest BCUT2D eigenvalue weighted by molar-refractivity contribution is 5.78. The van der Waals surface area contributed by atoms with E-state index >= 15 is 0 Å². The lowest BCUT2D eigenvalue weighted by Gasteiger charge is -2.25. The first-order valence-electron chi connectivity index (χ1n) is 3.78. The molecule has 0 aliphatic rings. The zero-order valence-electron chi connectivity index (χ0n) is 7.06. The topological polar surface area (TPSA) is 57.5 Å². The van der Waals surface area contributed by atoms with Crippen LogP contribution in [0.3, 0.4) is 0 Å². The third-order valence-corrected chi connectivity index (χ3v) is 1.71. The molecular weight excluding hydrogens is 189 g/mol. The van der Waals surface area contributed by atoms with Crippen LogP contribution in [0.1, 0.15) is 26.2 Å². The van der Waals surface area contributed by atoms with Gasteiger partial charge in [-0.05, 0) is 12.8 Å². The first-order chi connectivity index (χ1) is 5.75. The maximum absolute atomic E-state index is 12.0. The summed E-state index contributed by atoms with van der Waals surface area (Å²) in [5.41, 5.74) is -3.59. The Hall–Kier alpha value is -0.780. The lowest BCUT2D eigenvalue weighted by molar-refractivity contribution is -0.262. The van der Waals surface area contributed by atoms with E-state index in [1.165, 1.54) is 0 Å². The second kappa shape index (κ2) is 3.95. The summed E-state index contributed by atoms with van der Waals surface area (Å²) in [6.07, 6.45) is -5.51. The van der Waals surface area contributed by atoms with Gasteiger partial charge in [-0.3, -0.25) is 0 Å². The van der Waals surface area contributed by atoms with Crippen LogP contribution in [0.4, 0.5) is 13.2 Å².